The van der Waals surface area contributed by atoms with Crippen LogP contribution in [-0.2, 0) is 9.53 Å². The van der Waals surface area contributed by atoms with Crippen LogP contribution in [0.1, 0.15) is 41.6 Å². The molecule has 21 heavy (non-hydrogen) atoms. The van der Waals surface area contributed by atoms with Gasteiger partial charge >= 0.3 is 5.97 Å². The van der Waals surface area contributed by atoms with Crippen LogP contribution < -0.4 is 0 Å². The number of rotatable bonds is 4. The molecule has 0 radical (unpaired) electrons. The Hall–Kier alpha value is -1.91. The van der Waals surface area contributed by atoms with E-state index in [1.807, 2.05) is 0 Å². The van der Waals surface area contributed by atoms with Crippen molar-refractivity contribution in [2.24, 2.45) is 0 Å². The van der Waals surface area contributed by atoms with Gasteiger partial charge in [0.15, 0.2) is 0 Å². The van der Waals surface area contributed by atoms with E-state index in [0.717, 1.165) is 25.7 Å². The molecule has 1 amide bonds. The lowest BCUT2D eigenvalue weighted by atomic mass is 10.1. The summed E-state index contributed by atoms with van der Waals surface area (Å²) < 4.78 is 17.9. The molecule has 0 spiro atoms. The highest BCUT2D eigenvalue weighted by molar-refractivity contribution is 5.97. The maximum atomic E-state index is 13.2. The van der Waals surface area contributed by atoms with E-state index in [1.54, 1.807) is 11.8 Å². The third kappa shape index (κ3) is 3.60. The second kappa shape index (κ2) is 6.70. The summed E-state index contributed by atoms with van der Waals surface area (Å²) in [5.74, 6) is -1.04. The van der Waals surface area contributed by atoms with E-state index in [4.69, 9.17) is 0 Å². The van der Waals surface area contributed by atoms with Crippen molar-refractivity contribution in [3.05, 3.63) is 35.1 Å². The van der Waals surface area contributed by atoms with Crippen molar-refractivity contribution in [1.29, 1.82) is 0 Å². The van der Waals surface area contributed by atoms with E-state index < -0.39 is 5.97 Å². The van der Waals surface area contributed by atoms with E-state index in [-0.39, 0.29) is 24.3 Å². The van der Waals surface area contributed by atoms with Gasteiger partial charge in [0.2, 0.25) is 0 Å². The maximum absolute atomic E-state index is 13.2. The molecule has 4 nitrogen and oxygen atoms in total. The fourth-order valence-electron chi connectivity index (χ4n) is 2.81. The Kier molecular flexibility index (Phi) is 4.94. The average molecular weight is 293 g/mol. The van der Waals surface area contributed by atoms with E-state index >= 15 is 0 Å². The Labute approximate surface area is 123 Å². The molecule has 0 N–H and O–H groups in total. The second-order valence-electron chi connectivity index (χ2n) is 5.41. The quantitative estimate of drug-likeness (QED) is 0.802. The predicted molar refractivity (Wildman–Crippen MR) is 76.4 cm³/mol. The standard InChI is InChI=1S/C16H20FNO3/c1-11-9-12(17)7-8-14(11)16(20)18(10-15(19)21-2)13-5-3-4-6-13/h7-9,13H,3-6,10H2,1-2H3. The van der Waals surface area contributed by atoms with Crippen LogP contribution in [0.2, 0.25) is 0 Å². The molecule has 0 unspecified atom stereocenters. The van der Waals surface area contributed by atoms with Crippen LogP contribution in [-0.4, -0.2) is 36.5 Å². The Balaban J connectivity index is 2.26. The molecule has 0 saturated heterocycles. The summed E-state index contributed by atoms with van der Waals surface area (Å²) in [6.07, 6.45) is 3.89. The summed E-state index contributed by atoms with van der Waals surface area (Å²) >= 11 is 0. The van der Waals surface area contributed by atoms with Crippen LogP contribution in [0, 0.1) is 12.7 Å². The number of esters is 1. The van der Waals surface area contributed by atoms with Crippen LogP contribution in [0.25, 0.3) is 0 Å². The molecule has 2 rings (SSSR count). The van der Waals surface area contributed by atoms with Crippen LogP contribution in [0.4, 0.5) is 4.39 Å². The van der Waals surface area contributed by atoms with Gasteiger partial charge in [-0.3, -0.25) is 9.59 Å². The molecule has 5 heteroatoms. The number of methoxy groups -OCH3 is 1. The van der Waals surface area contributed by atoms with Crippen LogP contribution in [0.5, 0.6) is 0 Å². The minimum Gasteiger partial charge on any atom is -0.468 e. The molecule has 1 saturated carbocycles. The molecule has 1 aromatic rings. The molecule has 0 aliphatic heterocycles. The summed E-state index contributed by atoms with van der Waals surface area (Å²) in [5, 5.41) is 0. The summed E-state index contributed by atoms with van der Waals surface area (Å²) in [6.45, 7) is 1.64. The van der Waals surface area contributed by atoms with Crippen molar-refractivity contribution in [3.8, 4) is 0 Å². The minimum absolute atomic E-state index is 0.0565. The van der Waals surface area contributed by atoms with Gasteiger partial charge in [-0.15, -0.1) is 0 Å². The van der Waals surface area contributed by atoms with Crippen LogP contribution >= 0.6 is 0 Å². The fourth-order valence-corrected chi connectivity index (χ4v) is 2.81. The first-order valence-electron chi connectivity index (χ1n) is 7.17. The Morgan fingerprint density at radius 3 is 2.57 bits per heavy atom. The largest absolute Gasteiger partial charge is 0.468 e. The Morgan fingerprint density at radius 1 is 1.33 bits per heavy atom. The molecule has 1 fully saturated rings. The molecular formula is C16H20FNO3. The number of ether oxygens (including phenoxy) is 1. The minimum atomic E-state index is -0.435. The monoisotopic (exact) mass is 293 g/mol. The number of carbonyl (C=O) groups excluding carboxylic acids is 2. The first kappa shape index (κ1) is 15.5. The highest BCUT2D eigenvalue weighted by Gasteiger charge is 2.30. The van der Waals surface area contributed by atoms with Gasteiger partial charge in [0.05, 0.1) is 7.11 Å². The van der Waals surface area contributed by atoms with E-state index in [0.29, 0.717) is 11.1 Å². The number of aryl methyl sites for hydroxylation is 1. The Bertz CT molecular complexity index is 538. The number of amides is 1. The highest BCUT2D eigenvalue weighted by Crippen LogP contribution is 2.25. The number of halogens is 1. The third-order valence-electron chi connectivity index (χ3n) is 3.97. The van der Waals surface area contributed by atoms with E-state index in [1.165, 1.54) is 25.3 Å². The zero-order chi connectivity index (χ0) is 15.4. The number of benzene rings is 1. The van der Waals surface area contributed by atoms with Crippen molar-refractivity contribution in [2.75, 3.05) is 13.7 Å². The Morgan fingerprint density at radius 2 is 2.00 bits per heavy atom. The summed E-state index contributed by atoms with van der Waals surface area (Å²) in [4.78, 5) is 25.9. The van der Waals surface area contributed by atoms with Gasteiger partial charge in [-0.2, -0.15) is 0 Å². The van der Waals surface area contributed by atoms with Gasteiger partial charge in [-0.1, -0.05) is 12.8 Å². The summed E-state index contributed by atoms with van der Waals surface area (Å²) in [6, 6.07) is 4.14. The van der Waals surface area contributed by atoms with Crippen molar-refractivity contribution < 1.29 is 18.7 Å². The lowest BCUT2D eigenvalue weighted by Gasteiger charge is -2.28. The molecular weight excluding hydrogens is 273 g/mol. The predicted octanol–water partition coefficient (Wildman–Crippen LogP) is 2.69. The number of hydrogen-bond acceptors (Lipinski definition) is 3. The first-order chi connectivity index (χ1) is 10.0. The molecule has 1 aliphatic rings. The molecule has 0 aromatic heterocycles. The first-order valence-corrected chi connectivity index (χ1v) is 7.17. The summed E-state index contributed by atoms with van der Waals surface area (Å²) in [5.41, 5.74) is 1.01. The van der Waals surface area contributed by atoms with Crippen LogP contribution in [0.15, 0.2) is 18.2 Å². The topological polar surface area (TPSA) is 46.6 Å². The third-order valence-corrected chi connectivity index (χ3v) is 3.97. The highest BCUT2D eigenvalue weighted by atomic mass is 19.1. The van der Waals surface area contributed by atoms with Gasteiger partial charge in [-0.25, -0.2) is 4.39 Å². The molecule has 0 atom stereocenters. The van der Waals surface area contributed by atoms with Gasteiger partial charge < -0.3 is 9.64 Å². The van der Waals surface area contributed by atoms with Crippen molar-refractivity contribution in [1.82, 2.24) is 4.90 Å². The second-order valence-corrected chi connectivity index (χ2v) is 5.41. The van der Waals surface area contributed by atoms with Crippen molar-refractivity contribution in [2.45, 2.75) is 38.6 Å². The molecule has 1 aliphatic carbocycles. The lowest BCUT2D eigenvalue weighted by molar-refractivity contribution is -0.141. The maximum Gasteiger partial charge on any atom is 0.325 e. The van der Waals surface area contributed by atoms with Crippen molar-refractivity contribution in [3.63, 3.8) is 0 Å². The fraction of sp³-hybridized carbons (Fsp3) is 0.500. The van der Waals surface area contributed by atoms with Gasteiger partial charge in [0.25, 0.3) is 5.91 Å². The van der Waals surface area contributed by atoms with Crippen LogP contribution in [0.3, 0.4) is 0 Å². The lowest BCUT2D eigenvalue weighted by Crippen LogP contribution is -2.42. The average Bonchev–Trinajstić information content (AvgIpc) is 2.97. The van der Waals surface area contributed by atoms with Gasteiger partial charge in [-0.05, 0) is 43.5 Å². The van der Waals surface area contributed by atoms with E-state index in [9.17, 15) is 14.0 Å². The number of nitrogens with zero attached hydrogens (tertiary/aromatic N) is 1. The smallest absolute Gasteiger partial charge is 0.325 e. The van der Waals surface area contributed by atoms with Gasteiger partial charge in [0.1, 0.15) is 12.4 Å². The van der Waals surface area contributed by atoms with E-state index in [2.05, 4.69) is 4.74 Å². The number of hydrogen-bond donors (Lipinski definition) is 0. The number of carbonyl (C=O) groups is 2. The zero-order valence-electron chi connectivity index (χ0n) is 12.4. The molecule has 0 bridgehead atoms. The van der Waals surface area contributed by atoms with Gasteiger partial charge in [0, 0.05) is 11.6 Å². The molecule has 1 aromatic carbocycles. The van der Waals surface area contributed by atoms with Crippen molar-refractivity contribution >= 4 is 11.9 Å². The SMILES string of the molecule is COC(=O)CN(C(=O)c1ccc(F)cc1C)C1CCCC1. The molecule has 114 valence electrons. The summed E-state index contributed by atoms with van der Waals surface area (Å²) in [7, 11) is 1.31. The zero-order valence-corrected chi connectivity index (χ0v) is 12.4. The molecule has 0 heterocycles. The normalized spacial score (nSPS) is 15.0.